The third-order valence-electron chi connectivity index (χ3n) is 3.67. The molecule has 3 rings (SSSR count). The number of hydrogen-bond acceptors (Lipinski definition) is 6. The Bertz CT molecular complexity index is 917. The number of nitrogens with zero attached hydrogens (tertiary/aromatic N) is 3. The minimum absolute atomic E-state index is 0.0682. The first-order valence-electron chi connectivity index (χ1n) is 7.48. The van der Waals surface area contributed by atoms with Gasteiger partial charge in [-0.1, -0.05) is 42.5 Å². The van der Waals surface area contributed by atoms with E-state index in [0.717, 1.165) is 21.8 Å². The van der Waals surface area contributed by atoms with Gasteiger partial charge in [0.1, 0.15) is 11.0 Å². The van der Waals surface area contributed by atoms with E-state index in [1.165, 1.54) is 12.1 Å². The van der Waals surface area contributed by atoms with Gasteiger partial charge in [0, 0.05) is 29.5 Å². The molecular weight excluding hydrogens is 354 g/mol. The standard InChI is InChI=1S/C18H13N3O2S2/c22-21(23)15-8-6-13(7-9-15)10-16(19-12-24)17-11-25-18(20-17)14-4-2-1-3-5-14/h1-9,11,16H,10H2. The van der Waals surface area contributed by atoms with E-state index in [1.54, 1.807) is 23.5 Å². The van der Waals surface area contributed by atoms with Gasteiger partial charge >= 0.3 is 0 Å². The lowest BCUT2D eigenvalue weighted by atomic mass is 10.0. The molecule has 124 valence electrons. The molecule has 0 aliphatic heterocycles. The van der Waals surface area contributed by atoms with Crippen LogP contribution in [-0.2, 0) is 6.42 Å². The van der Waals surface area contributed by atoms with E-state index in [1.807, 2.05) is 35.7 Å². The zero-order valence-electron chi connectivity index (χ0n) is 13.0. The maximum absolute atomic E-state index is 10.8. The Morgan fingerprint density at radius 3 is 2.56 bits per heavy atom. The molecule has 0 aliphatic rings. The van der Waals surface area contributed by atoms with Crippen molar-refractivity contribution in [2.45, 2.75) is 12.5 Å². The average molecular weight is 367 g/mol. The minimum atomic E-state index is -0.414. The van der Waals surface area contributed by atoms with Crippen LogP contribution in [0.5, 0.6) is 0 Å². The molecule has 25 heavy (non-hydrogen) atoms. The first kappa shape index (κ1) is 17.1. The third-order valence-corrected chi connectivity index (χ3v) is 4.68. The van der Waals surface area contributed by atoms with Crippen LogP contribution in [0.25, 0.3) is 10.6 Å². The highest BCUT2D eigenvalue weighted by molar-refractivity contribution is 7.78. The second-order valence-corrected chi connectivity index (χ2v) is 6.35. The molecule has 0 spiro atoms. The molecule has 1 unspecified atom stereocenters. The molecule has 2 aromatic carbocycles. The summed E-state index contributed by atoms with van der Waals surface area (Å²) in [6.45, 7) is 0. The molecule has 1 aromatic heterocycles. The highest BCUT2D eigenvalue weighted by Gasteiger charge is 2.16. The van der Waals surface area contributed by atoms with E-state index in [-0.39, 0.29) is 11.7 Å². The van der Waals surface area contributed by atoms with Gasteiger partial charge in [0.25, 0.3) is 5.69 Å². The van der Waals surface area contributed by atoms with Crippen LogP contribution in [0.1, 0.15) is 17.3 Å². The smallest absolute Gasteiger partial charge is 0.258 e. The summed E-state index contributed by atoms with van der Waals surface area (Å²) in [6, 6.07) is 16.1. The molecule has 0 bridgehead atoms. The van der Waals surface area contributed by atoms with Gasteiger partial charge in [-0.2, -0.15) is 0 Å². The van der Waals surface area contributed by atoms with Crippen molar-refractivity contribution in [1.29, 1.82) is 0 Å². The van der Waals surface area contributed by atoms with E-state index >= 15 is 0 Å². The maximum atomic E-state index is 10.8. The number of rotatable bonds is 6. The van der Waals surface area contributed by atoms with Crippen LogP contribution in [0.2, 0.25) is 0 Å². The molecule has 0 aliphatic carbocycles. The Kier molecular flexibility index (Phi) is 5.40. The van der Waals surface area contributed by atoms with Crippen molar-refractivity contribution < 1.29 is 4.92 Å². The monoisotopic (exact) mass is 367 g/mol. The van der Waals surface area contributed by atoms with Crippen LogP contribution in [0.4, 0.5) is 5.69 Å². The fourth-order valence-electron chi connectivity index (χ4n) is 2.41. The van der Waals surface area contributed by atoms with Gasteiger partial charge < -0.3 is 0 Å². The lowest BCUT2D eigenvalue weighted by Crippen LogP contribution is -2.01. The second kappa shape index (κ2) is 7.90. The lowest BCUT2D eigenvalue weighted by molar-refractivity contribution is -0.384. The predicted molar refractivity (Wildman–Crippen MR) is 102 cm³/mol. The molecule has 0 saturated carbocycles. The molecule has 0 N–H and O–H groups in total. The zero-order chi connectivity index (χ0) is 17.6. The number of benzene rings is 2. The number of nitro groups is 1. The summed E-state index contributed by atoms with van der Waals surface area (Å²) < 4.78 is 0. The number of thiocarbonyl (C=S) groups is 1. The molecular formula is C18H13N3O2S2. The van der Waals surface area contributed by atoms with Gasteiger partial charge in [0.05, 0.1) is 15.8 Å². The third kappa shape index (κ3) is 4.22. The highest BCUT2D eigenvalue weighted by Crippen LogP contribution is 2.29. The number of hydrogen-bond donors (Lipinski definition) is 0. The maximum Gasteiger partial charge on any atom is 0.269 e. The van der Waals surface area contributed by atoms with Crippen molar-refractivity contribution >= 4 is 34.4 Å². The SMILES string of the molecule is O=[N+]([O-])c1ccc(CC(N=C=S)c2csc(-c3ccccc3)n2)cc1. The minimum Gasteiger partial charge on any atom is -0.258 e. The van der Waals surface area contributed by atoms with Crippen LogP contribution >= 0.6 is 23.6 Å². The number of thiazole rings is 1. The van der Waals surface area contributed by atoms with Gasteiger partial charge in [0.15, 0.2) is 0 Å². The molecule has 1 atom stereocenters. The van der Waals surface area contributed by atoms with Crippen molar-refractivity contribution in [3.63, 3.8) is 0 Å². The fourth-order valence-corrected chi connectivity index (χ4v) is 3.41. The number of non-ortho nitro benzene ring substituents is 1. The predicted octanol–water partition coefficient (Wildman–Crippen LogP) is 5.10. The van der Waals surface area contributed by atoms with Crippen molar-refractivity contribution in [3.05, 3.63) is 81.3 Å². The Morgan fingerprint density at radius 1 is 1.20 bits per heavy atom. The summed E-state index contributed by atoms with van der Waals surface area (Å²) in [4.78, 5) is 19.2. The van der Waals surface area contributed by atoms with E-state index in [2.05, 4.69) is 15.1 Å². The van der Waals surface area contributed by atoms with Crippen LogP contribution in [0, 0.1) is 10.1 Å². The van der Waals surface area contributed by atoms with Gasteiger partial charge in [0.2, 0.25) is 0 Å². The zero-order valence-corrected chi connectivity index (χ0v) is 14.7. The molecule has 7 heteroatoms. The lowest BCUT2D eigenvalue weighted by Gasteiger charge is -2.08. The molecule has 5 nitrogen and oxygen atoms in total. The molecule has 0 amide bonds. The normalized spacial score (nSPS) is 11.5. The Hall–Kier alpha value is -2.73. The van der Waals surface area contributed by atoms with Gasteiger partial charge in [-0.3, -0.25) is 10.1 Å². The number of nitro benzene ring substituents is 1. The largest absolute Gasteiger partial charge is 0.269 e. The Morgan fingerprint density at radius 2 is 1.92 bits per heavy atom. The van der Waals surface area contributed by atoms with Crippen molar-refractivity contribution in [3.8, 4) is 10.6 Å². The van der Waals surface area contributed by atoms with E-state index in [9.17, 15) is 10.1 Å². The topological polar surface area (TPSA) is 68.4 Å². The Labute approximate surface area is 153 Å². The van der Waals surface area contributed by atoms with Gasteiger partial charge in [-0.05, 0) is 17.8 Å². The van der Waals surface area contributed by atoms with E-state index < -0.39 is 4.92 Å². The number of isothiocyanates is 1. The van der Waals surface area contributed by atoms with Crippen LogP contribution in [0.15, 0.2) is 65.0 Å². The number of aromatic nitrogens is 1. The van der Waals surface area contributed by atoms with Crippen LogP contribution in [0.3, 0.4) is 0 Å². The van der Waals surface area contributed by atoms with Crippen LogP contribution in [-0.4, -0.2) is 15.1 Å². The molecule has 3 aromatic rings. The summed E-state index contributed by atoms with van der Waals surface area (Å²) in [5.41, 5.74) is 2.87. The summed E-state index contributed by atoms with van der Waals surface area (Å²) in [6.07, 6.45) is 0.555. The van der Waals surface area contributed by atoms with Gasteiger partial charge in [-0.25, -0.2) is 9.98 Å². The van der Waals surface area contributed by atoms with Crippen molar-refractivity contribution in [1.82, 2.24) is 4.98 Å². The number of aliphatic imine (C=N–C) groups is 1. The van der Waals surface area contributed by atoms with E-state index in [0.29, 0.717) is 6.42 Å². The molecule has 1 heterocycles. The Balaban J connectivity index is 1.83. The first-order chi connectivity index (χ1) is 12.2. The summed E-state index contributed by atoms with van der Waals surface area (Å²) in [5.74, 6) is 0. The summed E-state index contributed by atoms with van der Waals surface area (Å²) >= 11 is 6.32. The van der Waals surface area contributed by atoms with Crippen molar-refractivity contribution in [2.24, 2.45) is 4.99 Å². The first-order valence-corrected chi connectivity index (χ1v) is 8.77. The summed E-state index contributed by atoms with van der Waals surface area (Å²) in [5, 5.41) is 16.1. The second-order valence-electron chi connectivity index (χ2n) is 5.31. The fraction of sp³-hybridized carbons (Fsp3) is 0.111. The molecule has 0 radical (unpaired) electrons. The quantitative estimate of drug-likeness (QED) is 0.263. The van der Waals surface area contributed by atoms with Crippen LogP contribution < -0.4 is 0 Å². The van der Waals surface area contributed by atoms with Crippen molar-refractivity contribution in [2.75, 3.05) is 0 Å². The summed E-state index contributed by atoms with van der Waals surface area (Å²) in [7, 11) is 0. The molecule has 0 saturated heterocycles. The van der Waals surface area contributed by atoms with E-state index in [4.69, 9.17) is 12.2 Å². The average Bonchev–Trinajstić information content (AvgIpc) is 3.13. The molecule has 0 fully saturated rings. The van der Waals surface area contributed by atoms with Gasteiger partial charge in [-0.15, -0.1) is 11.3 Å². The highest BCUT2D eigenvalue weighted by atomic mass is 32.1.